The second kappa shape index (κ2) is 6.92. The van der Waals surface area contributed by atoms with Crippen molar-refractivity contribution in [1.82, 2.24) is 5.32 Å². The van der Waals surface area contributed by atoms with Crippen LogP contribution in [0.5, 0.6) is 0 Å². The van der Waals surface area contributed by atoms with Crippen LogP contribution in [0, 0.1) is 28.0 Å². The van der Waals surface area contributed by atoms with Gasteiger partial charge in [-0.25, -0.2) is 4.39 Å². The highest BCUT2D eigenvalue weighted by molar-refractivity contribution is 6.31. The summed E-state index contributed by atoms with van der Waals surface area (Å²) in [7, 11) is 0. The third-order valence-electron chi connectivity index (χ3n) is 5.03. The highest BCUT2D eigenvalue weighted by atomic mass is 35.5. The number of hydrogen-bond acceptors (Lipinski definition) is 3. The lowest BCUT2D eigenvalue weighted by Gasteiger charge is -2.49. The molecule has 2 rings (SSSR count). The van der Waals surface area contributed by atoms with Crippen molar-refractivity contribution in [2.24, 2.45) is 10.8 Å². The molecular formula is C20H24ClFN2O2. The van der Waals surface area contributed by atoms with Crippen LogP contribution in [0.2, 0.25) is 5.02 Å². The average molecular weight is 379 g/mol. The Kier molecular flexibility index (Phi) is 5.39. The Morgan fingerprint density at radius 2 is 2.08 bits per heavy atom. The van der Waals surface area contributed by atoms with Crippen molar-refractivity contribution in [1.29, 1.82) is 5.26 Å². The Balaban J connectivity index is 2.85. The summed E-state index contributed by atoms with van der Waals surface area (Å²) < 4.78 is 13.6. The van der Waals surface area contributed by atoms with Crippen LogP contribution >= 0.6 is 11.6 Å². The Labute approximate surface area is 158 Å². The van der Waals surface area contributed by atoms with Crippen molar-refractivity contribution in [2.75, 3.05) is 0 Å². The molecule has 1 heterocycles. The normalized spacial score (nSPS) is 26.2. The maximum absolute atomic E-state index is 13.6. The van der Waals surface area contributed by atoms with E-state index in [1.165, 1.54) is 12.1 Å². The average Bonchev–Trinajstić information content (AvgIpc) is 2.48. The van der Waals surface area contributed by atoms with Crippen LogP contribution in [-0.4, -0.2) is 17.1 Å². The molecule has 2 N–H and O–H groups in total. The molecule has 0 aliphatic carbocycles. The minimum absolute atomic E-state index is 0.129. The fraction of sp³-hybridized carbons (Fsp3) is 0.500. The maximum Gasteiger partial charge on any atom is 0.312 e. The number of carboxylic acid groups (broad SMARTS) is 1. The fourth-order valence-electron chi connectivity index (χ4n) is 4.09. The topological polar surface area (TPSA) is 73.1 Å². The lowest BCUT2D eigenvalue weighted by atomic mass is 9.57. The lowest BCUT2D eigenvalue weighted by Crippen LogP contribution is -2.57. The standard InChI is InChI=1S/C20H24ClFN2O2/c1-11-15(9-23)17(14-7-6-13(22)8-16(14)21)20(18(25)26,12(2)24-11)10-19(3,4)5/h6-8,12,17,24H,10H2,1-5H3,(H,25,26). The van der Waals surface area contributed by atoms with Gasteiger partial charge in [0.25, 0.3) is 0 Å². The predicted molar refractivity (Wildman–Crippen MR) is 99.2 cm³/mol. The van der Waals surface area contributed by atoms with Gasteiger partial charge in [-0.3, -0.25) is 4.79 Å². The number of benzene rings is 1. The van der Waals surface area contributed by atoms with E-state index >= 15 is 0 Å². The lowest BCUT2D eigenvalue weighted by molar-refractivity contribution is -0.154. The molecule has 140 valence electrons. The van der Waals surface area contributed by atoms with Crippen LogP contribution in [0.25, 0.3) is 0 Å². The summed E-state index contributed by atoms with van der Waals surface area (Å²) in [5.74, 6) is -2.27. The van der Waals surface area contributed by atoms with Gasteiger partial charge in [-0.2, -0.15) is 5.26 Å². The molecule has 3 unspecified atom stereocenters. The molecule has 6 heteroatoms. The zero-order valence-corrected chi connectivity index (χ0v) is 16.4. The summed E-state index contributed by atoms with van der Waals surface area (Å²) in [6.45, 7) is 9.45. The smallest absolute Gasteiger partial charge is 0.312 e. The van der Waals surface area contributed by atoms with E-state index in [0.29, 0.717) is 23.3 Å². The highest BCUT2D eigenvalue weighted by Crippen LogP contribution is 2.54. The molecule has 3 atom stereocenters. The van der Waals surface area contributed by atoms with Gasteiger partial charge >= 0.3 is 5.97 Å². The molecule has 0 saturated heterocycles. The van der Waals surface area contributed by atoms with Crippen molar-refractivity contribution in [3.05, 3.63) is 45.9 Å². The van der Waals surface area contributed by atoms with Gasteiger partial charge in [-0.05, 0) is 43.4 Å². The van der Waals surface area contributed by atoms with Crippen molar-refractivity contribution in [3.8, 4) is 6.07 Å². The van der Waals surface area contributed by atoms with Gasteiger partial charge in [0.1, 0.15) is 5.82 Å². The third kappa shape index (κ3) is 3.43. The second-order valence-electron chi connectivity index (χ2n) is 8.20. The summed E-state index contributed by atoms with van der Waals surface area (Å²) >= 11 is 6.30. The van der Waals surface area contributed by atoms with Crippen LogP contribution in [-0.2, 0) is 4.79 Å². The SMILES string of the molecule is CC1=C(C#N)C(c2ccc(F)cc2Cl)C(CC(C)(C)C)(C(=O)O)C(C)N1. The Bertz CT molecular complexity index is 807. The van der Waals surface area contributed by atoms with E-state index in [-0.39, 0.29) is 10.4 Å². The van der Waals surface area contributed by atoms with Crippen molar-refractivity contribution in [3.63, 3.8) is 0 Å². The van der Waals surface area contributed by atoms with Crippen molar-refractivity contribution >= 4 is 17.6 Å². The molecule has 0 aromatic heterocycles. The zero-order valence-electron chi connectivity index (χ0n) is 15.7. The first-order valence-electron chi connectivity index (χ1n) is 8.50. The minimum Gasteiger partial charge on any atom is -0.481 e. The number of rotatable bonds is 3. The van der Waals surface area contributed by atoms with E-state index in [0.717, 1.165) is 6.07 Å². The first-order chi connectivity index (χ1) is 11.9. The third-order valence-corrected chi connectivity index (χ3v) is 5.36. The first kappa shape index (κ1) is 20.3. The summed E-state index contributed by atoms with van der Waals surface area (Å²) in [6, 6.07) is 5.63. The van der Waals surface area contributed by atoms with E-state index in [2.05, 4.69) is 11.4 Å². The Morgan fingerprint density at radius 3 is 2.54 bits per heavy atom. The molecule has 1 aliphatic rings. The zero-order chi connectivity index (χ0) is 19.9. The Morgan fingerprint density at radius 1 is 1.46 bits per heavy atom. The number of aliphatic carboxylic acids is 1. The molecule has 1 aliphatic heterocycles. The number of halogens is 2. The number of nitriles is 1. The van der Waals surface area contributed by atoms with E-state index in [1.807, 2.05) is 27.7 Å². The van der Waals surface area contributed by atoms with E-state index in [9.17, 15) is 19.6 Å². The number of allylic oxidation sites excluding steroid dienone is 2. The van der Waals surface area contributed by atoms with Gasteiger partial charge in [0.15, 0.2) is 0 Å². The van der Waals surface area contributed by atoms with Crippen molar-refractivity contribution in [2.45, 2.75) is 53.0 Å². The number of nitrogens with one attached hydrogen (secondary N) is 1. The van der Waals surface area contributed by atoms with Crippen LogP contribution in [0.4, 0.5) is 4.39 Å². The molecule has 0 spiro atoms. The van der Waals surface area contributed by atoms with E-state index in [1.54, 1.807) is 6.92 Å². The summed E-state index contributed by atoms with van der Waals surface area (Å²) in [5, 5.41) is 23.4. The van der Waals surface area contributed by atoms with Gasteiger partial charge in [0.05, 0.1) is 17.1 Å². The molecule has 0 saturated carbocycles. The quantitative estimate of drug-likeness (QED) is 0.787. The predicted octanol–water partition coefficient (Wildman–Crippen LogP) is 4.86. The molecule has 26 heavy (non-hydrogen) atoms. The molecule has 1 aromatic rings. The van der Waals surface area contributed by atoms with Gasteiger partial charge in [0, 0.05) is 22.7 Å². The summed E-state index contributed by atoms with van der Waals surface area (Å²) in [4.78, 5) is 12.6. The molecular weight excluding hydrogens is 355 g/mol. The first-order valence-corrected chi connectivity index (χ1v) is 8.87. The molecule has 0 bridgehead atoms. The number of nitrogens with zero attached hydrogens (tertiary/aromatic N) is 1. The van der Waals surface area contributed by atoms with Gasteiger partial charge in [-0.1, -0.05) is 38.4 Å². The van der Waals surface area contributed by atoms with Crippen LogP contribution in [0.3, 0.4) is 0 Å². The van der Waals surface area contributed by atoms with E-state index in [4.69, 9.17) is 11.6 Å². The molecule has 4 nitrogen and oxygen atoms in total. The van der Waals surface area contributed by atoms with Crippen molar-refractivity contribution < 1.29 is 14.3 Å². The largest absolute Gasteiger partial charge is 0.481 e. The van der Waals surface area contributed by atoms with Crippen LogP contribution in [0.15, 0.2) is 29.5 Å². The minimum atomic E-state index is -1.30. The molecule has 0 fully saturated rings. The summed E-state index contributed by atoms with van der Waals surface area (Å²) in [6.07, 6.45) is 0.320. The molecule has 1 aromatic carbocycles. The van der Waals surface area contributed by atoms with Crippen LogP contribution in [0.1, 0.15) is 52.5 Å². The molecule has 0 amide bonds. The van der Waals surface area contributed by atoms with E-state index < -0.39 is 29.2 Å². The number of hydrogen-bond donors (Lipinski definition) is 2. The highest BCUT2D eigenvalue weighted by Gasteiger charge is 2.56. The Hall–Kier alpha value is -2.06. The van der Waals surface area contributed by atoms with Crippen LogP contribution < -0.4 is 5.32 Å². The summed E-state index contributed by atoms with van der Waals surface area (Å²) in [5.41, 5.74) is -0.210. The monoisotopic (exact) mass is 378 g/mol. The second-order valence-corrected chi connectivity index (χ2v) is 8.61. The van der Waals surface area contributed by atoms with Gasteiger partial charge < -0.3 is 10.4 Å². The van der Waals surface area contributed by atoms with Gasteiger partial charge in [-0.15, -0.1) is 0 Å². The number of carbonyl (C=O) groups is 1. The van der Waals surface area contributed by atoms with Gasteiger partial charge in [0.2, 0.25) is 0 Å². The fourth-order valence-corrected chi connectivity index (χ4v) is 4.37. The number of carboxylic acids is 1. The maximum atomic E-state index is 13.6. The molecule has 0 radical (unpaired) electrons.